The zero-order valence-corrected chi connectivity index (χ0v) is 20.4. The first-order valence-electron chi connectivity index (χ1n) is 11.0. The van der Waals surface area contributed by atoms with Gasteiger partial charge in [-0.25, -0.2) is 14.8 Å². The van der Waals surface area contributed by atoms with Gasteiger partial charge in [0.1, 0.15) is 17.8 Å². The number of carbonyl (C=O) groups is 1. The highest BCUT2D eigenvalue weighted by Gasteiger charge is 2.13. The minimum atomic E-state index is -0.557. The molecule has 0 atom stereocenters. The molecule has 0 radical (unpaired) electrons. The Hall–Kier alpha value is -4.24. The lowest BCUT2D eigenvalue weighted by Crippen LogP contribution is -2.15. The molecular formula is C26H24ClN3O6. The third-order valence-electron chi connectivity index (χ3n) is 5.02. The van der Waals surface area contributed by atoms with Crippen LogP contribution >= 0.6 is 11.6 Å². The van der Waals surface area contributed by atoms with E-state index in [1.807, 2.05) is 0 Å². The van der Waals surface area contributed by atoms with Crippen LogP contribution in [0.15, 0.2) is 67.0 Å². The maximum absolute atomic E-state index is 12.1. The summed E-state index contributed by atoms with van der Waals surface area (Å²) in [4.78, 5) is 20.6. The van der Waals surface area contributed by atoms with E-state index in [4.69, 9.17) is 35.3 Å². The minimum absolute atomic E-state index is 0.218. The Kier molecular flexibility index (Phi) is 8.25. The molecule has 0 unspecified atom stereocenters. The monoisotopic (exact) mass is 509 g/mol. The molecule has 9 nitrogen and oxygen atoms in total. The molecule has 0 spiro atoms. The predicted octanol–water partition coefficient (Wildman–Crippen LogP) is 6.11. The standard InChI is InChI=1S/C26H24ClN3O6/c1-32-23-14-21-22(15-24(23)33-2)28-16-29-25(21)36-20-10-6-18(7-11-20)30-26(31)35-13-3-12-34-19-8-4-17(27)5-9-19/h4-11,14-16H,3,12-13H2,1-2H3,(H,30,31). The molecule has 1 amide bonds. The number of methoxy groups -OCH3 is 2. The summed E-state index contributed by atoms with van der Waals surface area (Å²) in [5.74, 6) is 2.70. The first-order chi connectivity index (χ1) is 17.6. The van der Waals surface area contributed by atoms with Crippen molar-refractivity contribution in [2.75, 3.05) is 32.8 Å². The van der Waals surface area contributed by atoms with Crippen LogP contribution in [0.25, 0.3) is 10.9 Å². The van der Waals surface area contributed by atoms with E-state index in [-0.39, 0.29) is 6.61 Å². The van der Waals surface area contributed by atoms with Crippen molar-refractivity contribution in [1.29, 1.82) is 0 Å². The molecule has 10 heteroatoms. The molecule has 186 valence electrons. The van der Waals surface area contributed by atoms with Crippen molar-refractivity contribution in [3.8, 4) is 28.9 Å². The van der Waals surface area contributed by atoms with Gasteiger partial charge in [0, 0.05) is 23.2 Å². The summed E-state index contributed by atoms with van der Waals surface area (Å²) in [5.41, 5.74) is 1.21. The van der Waals surface area contributed by atoms with Gasteiger partial charge in [-0.1, -0.05) is 11.6 Å². The molecule has 0 bridgehead atoms. The Morgan fingerprint density at radius 3 is 2.31 bits per heavy atom. The van der Waals surface area contributed by atoms with Gasteiger partial charge in [-0.05, 0) is 54.6 Å². The number of amides is 1. The highest BCUT2D eigenvalue weighted by Crippen LogP contribution is 2.35. The number of fused-ring (bicyclic) bond motifs is 1. The lowest BCUT2D eigenvalue weighted by atomic mass is 10.2. The normalized spacial score (nSPS) is 10.5. The van der Waals surface area contributed by atoms with E-state index in [0.29, 0.717) is 63.5 Å². The molecule has 36 heavy (non-hydrogen) atoms. The van der Waals surface area contributed by atoms with Gasteiger partial charge >= 0.3 is 6.09 Å². The number of anilines is 1. The average molecular weight is 510 g/mol. The van der Waals surface area contributed by atoms with Crippen molar-refractivity contribution in [3.05, 3.63) is 72.0 Å². The molecular weight excluding hydrogens is 486 g/mol. The second-order valence-corrected chi connectivity index (χ2v) is 7.88. The van der Waals surface area contributed by atoms with Crippen molar-refractivity contribution < 1.29 is 28.5 Å². The summed E-state index contributed by atoms with van der Waals surface area (Å²) < 4.78 is 27.4. The number of nitrogens with zero attached hydrogens (tertiary/aromatic N) is 2. The number of hydrogen-bond acceptors (Lipinski definition) is 8. The Balaban J connectivity index is 1.28. The summed E-state index contributed by atoms with van der Waals surface area (Å²) in [6.07, 6.45) is 1.40. The molecule has 1 N–H and O–H groups in total. The lowest BCUT2D eigenvalue weighted by molar-refractivity contribution is 0.152. The zero-order chi connectivity index (χ0) is 25.3. The third-order valence-corrected chi connectivity index (χ3v) is 5.28. The van der Waals surface area contributed by atoms with Gasteiger partial charge in [-0.3, -0.25) is 5.32 Å². The summed E-state index contributed by atoms with van der Waals surface area (Å²) in [5, 5.41) is 3.99. The Labute approximate surface area is 212 Å². The van der Waals surface area contributed by atoms with Crippen LogP contribution in [0.4, 0.5) is 10.5 Å². The van der Waals surface area contributed by atoms with Gasteiger partial charge in [0.05, 0.1) is 38.3 Å². The molecule has 4 rings (SSSR count). The largest absolute Gasteiger partial charge is 0.493 e. The number of nitrogens with one attached hydrogen (secondary N) is 1. The fourth-order valence-corrected chi connectivity index (χ4v) is 3.38. The van der Waals surface area contributed by atoms with Crippen molar-refractivity contribution in [2.24, 2.45) is 0 Å². The highest BCUT2D eigenvalue weighted by molar-refractivity contribution is 6.30. The smallest absolute Gasteiger partial charge is 0.411 e. The Morgan fingerprint density at radius 1 is 0.889 bits per heavy atom. The van der Waals surface area contributed by atoms with Gasteiger partial charge in [-0.15, -0.1) is 0 Å². The van der Waals surface area contributed by atoms with Gasteiger partial charge < -0.3 is 23.7 Å². The summed E-state index contributed by atoms with van der Waals surface area (Å²) >= 11 is 5.84. The quantitative estimate of drug-likeness (QED) is 0.255. The van der Waals surface area contributed by atoms with Crippen LogP contribution in [0.3, 0.4) is 0 Å². The number of ether oxygens (including phenoxy) is 5. The number of halogens is 1. The molecule has 0 aliphatic rings. The maximum atomic E-state index is 12.1. The average Bonchev–Trinajstić information content (AvgIpc) is 2.90. The van der Waals surface area contributed by atoms with Crippen LogP contribution in [0.5, 0.6) is 28.9 Å². The van der Waals surface area contributed by atoms with Crippen LogP contribution < -0.4 is 24.3 Å². The third kappa shape index (κ3) is 6.45. The van der Waals surface area contributed by atoms with Crippen LogP contribution in [-0.4, -0.2) is 43.5 Å². The zero-order valence-electron chi connectivity index (χ0n) is 19.7. The summed E-state index contributed by atoms with van der Waals surface area (Å²) in [6, 6.07) is 17.4. The fourth-order valence-electron chi connectivity index (χ4n) is 3.26. The number of hydrogen-bond donors (Lipinski definition) is 1. The van der Waals surface area contributed by atoms with E-state index < -0.39 is 6.09 Å². The van der Waals surface area contributed by atoms with Crippen LogP contribution in [0.1, 0.15) is 6.42 Å². The van der Waals surface area contributed by atoms with Crippen LogP contribution in [0, 0.1) is 0 Å². The Bertz CT molecular complexity index is 1320. The van der Waals surface area contributed by atoms with Gasteiger partial charge in [0.2, 0.25) is 5.88 Å². The van der Waals surface area contributed by atoms with Crippen molar-refractivity contribution in [2.45, 2.75) is 6.42 Å². The number of aromatic nitrogens is 2. The van der Waals surface area contributed by atoms with E-state index >= 15 is 0 Å². The van der Waals surface area contributed by atoms with Gasteiger partial charge in [0.25, 0.3) is 0 Å². The number of benzene rings is 3. The second-order valence-electron chi connectivity index (χ2n) is 7.45. The van der Waals surface area contributed by atoms with Crippen molar-refractivity contribution in [1.82, 2.24) is 9.97 Å². The lowest BCUT2D eigenvalue weighted by Gasteiger charge is -2.12. The molecule has 0 fully saturated rings. The van der Waals surface area contributed by atoms with E-state index in [1.54, 1.807) is 74.9 Å². The summed E-state index contributed by atoms with van der Waals surface area (Å²) in [6.45, 7) is 0.632. The highest BCUT2D eigenvalue weighted by atomic mass is 35.5. The predicted molar refractivity (Wildman–Crippen MR) is 136 cm³/mol. The van der Waals surface area contributed by atoms with Crippen LogP contribution in [0.2, 0.25) is 5.02 Å². The molecule has 4 aromatic rings. The van der Waals surface area contributed by atoms with Crippen LogP contribution in [-0.2, 0) is 4.74 Å². The van der Waals surface area contributed by atoms with E-state index in [9.17, 15) is 4.79 Å². The second kappa shape index (κ2) is 11.9. The fraction of sp³-hybridized carbons (Fsp3) is 0.192. The van der Waals surface area contributed by atoms with Gasteiger partial charge in [-0.2, -0.15) is 0 Å². The number of rotatable bonds is 10. The van der Waals surface area contributed by atoms with E-state index in [2.05, 4.69) is 15.3 Å². The molecule has 0 aliphatic carbocycles. The molecule has 0 saturated carbocycles. The van der Waals surface area contributed by atoms with Crippen molar-refractivity contribution >= 4 is 34.3 Å². The van der Waals surface area contributed by atoms with Gasteiger partial charge in [0.15, 0.2) is 11.5 Å². The number of carbonyl (C=O) groups excluding carboxylic acids is 1. The first kappa shape index (κ1) is 24.9. The molecule has 1 aromatic heterocycles. The van der Waals surface area contributed by atoms with Crippen molar-refractivity contribution in [3.63, 3.8) is 0 Å². The molecule has 1 heterocycles. The first-order valence-corrected chi connectivity index (χ1v) is 11.4. The SMILES string of the molecule is COc1cc2ncnc(Oc3ccc(NC(=O)OCCCOc4ccc(Cl)cc4)cc3)c2cc1OC. The molecule has 3 aromatic carbocycles. The Morgan fingerprint density at radius 2 is 1.58 bits per heavy atom. The maximum Gasteiger partial charge on any atom is 0.411 e. The summed E-state index contributed by atoms with van der Waals surface area (Å²) in [7, 11) is 3.12. The topological polar surface area (TPSA) is 101 Å². The molecule has 0 saturated heterocycles. The van der Waals surface area contributed by atoms with E-state index in [0.717, 1.165) is 0 Å². The molecule has 0 aliphatic heterocycles. The minimum Gasteiger partial charge on any atom is -0.493 e. The van der Waals surface area contributed by atoms with E-state index in [1.165, 1.54) is 6.33 Å².